The van der Waals surface area contributed by atoms with Gasteiger partial charge >= 0.3 is 0 Å². The first-order valence-corrected chi connectivity index (χ1v) is 11.9. The number of aliphatic hydroxyl groups excluding tert-OH is 1. The van der Waals surface area contributed by atoms with Crippen molar-refractivity contribution < 1.29 is 9.84 Å². The summed E-state index contributed by atoms with van der Waals surface area (Å²) in [7, 11) is 0. The van der Waals surface area contributed by atoms with Crippen LogP contribution in [0.1, 0.15) is 50.8 Å². The number of benzene rings is 2. The predicted molar refractivity (Wildman–Crippen MR) is 131 cm³/mol. The fourth-order valence-corrected chi connectivity index (χ4v) is 3.91. The number of hydrogen-bond acceptors (Lipinski definition) is 4. The lowest BCUT2D eigenvalue weighted by atomic mass is 10.1. The number of rotatable bonds is 12. The normalized spacial score (nSPS) is 12.3. The fourth-order valence-electron chi connectivity index (χ4n) is 3.79. The van der Waals surface area contributed by atoms with Gasteiger partial charge in [-0.05, 0) is 62.7 Å². The van der Waals surface area contributed by atoms with Gasteiger partial charge in [-0.25, -0.2) is 4.68 Å². The van der Waals surface area contributed by atoms with Crippen LogP contribution in [0.5, 0.6) is 11.6 Å². The van der Waals surface area contributed by atoms with Crippen molar-refractivity contribution in [2.75, 3.05) is 13.1 Å². The van der Waals surface area contributed by atoms with Gasteiger partial charge in [-0.15, -0.1) is 0 Å². The highest BCUT2D eigenvalue weighted by molar-refractivity contribution is 6.30. The molecule has 1 N–H and O–H groups in total. The number of aryl methyl sites for hydroxylation is 1. The monoisotopic (exact) mass is 455 g/mol. The number of nitrogens with zero attached hydrogens (tertiary/aromatic N) is 3. The summed E-state index contributed by atoms with van der Waals surface area (Å²) in [6, 6.07) is 17.4. The molecule has 32 heavy (non-hydrogen) atoms. The average molecular weight is 456 g/mol. The van der Waals surface area contributed by atoms with E-state index in [2.05, 4.69) is 18.7 Å². The van der Waals surface area contributed by atoms with Gasteiger partial charge in [0.05, 0.1) is 23.0 Å². The van der Waals surface area contributed by atoms with Crippen LogP contribution < -0.4 is 4.74 Å². The van der Waals surface area contributed by atoms with Crippen LogP contribution in [0.25, 0.3) is 5.69 Å². The van der Waals surface area contributed by atoms with Gasteiger partial charge in [0.1, 0.15) is 5.75 Å². The fraction of sp³-hybridized carbons (Fsp3) is 0.423. The average Bonchev–Trinajstić information content (AvgIpc) is 3.09. The van der Waals surface area contributed by atoms with Gasteiger partial charge in [0.25, 0.3) is 0 Å². The van der Waals surface area contributed by atoms with Gasteiger partial charge in [0.15, 0.2) is 0 Å². The first kappa shape index (κ1) is 24.3. The van der Waals surface area contributed by atoms with E-state index < -0.39 is 0 Å². The number of halogens is 1. The van der Waals surface area contributed by atoms with Crippen LogP contribution >= 0.6 is 11.6 Å². The molecule has 0 aliphatic rings. The number of ether oxygens (including phenoxy) is 1. The molecule has 1 aromatic heterocycles. The molecule has 0 saturated heterocycles. The van der Waals surface area contributed by atoms with E-state index in [1.807, 2.05) is 66.2 Å². The summed E-state index contributed by atoms with van der Waals surface area (Å²) in [5.41, 5.74) is 2.89. The first-order chi connectivity index (χ1) is 15.5. The van der Waals surface area contributed by atoms with Gasteiger partial charge in [0.2, 0.25) is 5.88 Å². The summed E-state index contributed by atoms with van der Waals surface area (Å²) in [5.74, 6) is 1.40. The molecule has 5 nitrogen and oxygen atoms in total. The zero-order chi connectivity index (χ0) is 22.9. The topological polar surface area (TPSA) is 50.5 Å². The molecule has 0 spiro atoms. The lowest BCUT2D eigenvalue weighted by Gasteiger charge is -2.25. The molecule has 0 bridgehead atoms. The third kappa shape index (κ3) is 6.58. The van der Waals surface area contributed by atoms with Crippen LogP contribution in [-0.4, -0.2) is 39.0 Å². The van der Waals surface area contributed by atoms with Gasteiger partial charge in [0, 0.05) is 18.1 Å². The third-order valence-corrected chi connectivity index (χ3v) is 5.70. The number of aliphatic hydroxyl groups is 1. The largest absolute Gasteiger partial charge is 0.439 e. The number of unbranched alkanes of at least 4 members (excludes halogenated alkanes) is 1. The second-order valence-corrected chi connectivity index (χ2v) is 8.64. The van der Waals surface area contributed by atoms with E-state index in [0.29, 0.717) is 29.7 Å². The van der Waals surface area contributed by atoms with Crippen molar-refractivity contribution in [2.24, 2.45) is 0 Å². The van der Waals surface area contributed by atoms with Crippen molar-refractivity contribution in [3.05, 3.63) is 70.9 Å². The second-order valence-electron chi connectivity index (χ2n) is 8.20. The number of hydrogen-bond donors (Lipinski definition) is 1. The highest BCUT2D eigenvalue weighted by Crippen LogP contribution is 2.32. The van der Waals surface area contributed by atoms with E-state index in [4.69, 9.17) is 21.4 Å². The Morgan fingerprint density at radius 3 is 2.44 bits per heavy atom. The van der Waals surface area contributed by atoms with Crippen LogP contribution in [0.2, 0.25) is 5.02 Å². The summed E-state index contributed by atoms with van der Waals surface area (Å²) in [4.78, 5) is 2.30. The van der Waals surface area contributed by atoms with Crippen LogP contribution in [0, 0.1) is 6.92 Å². The molecule has 1 heterocycles. The highest BCUT2D eigenvalue weighted by Gasteiger charge is 2.22. The van der Waals surface area contributed by atoms with Crippen LogP contribution in [-0.2, 0) is 6.54 Å². The van der Waals surface area contributed by atoms with Crippen molar-refractivity contribution in [1.82, 2.24) is 14.7 Å². The smallest absolute Gasteiger partial charge is 0.227 e. The molecule has 3 aromatic rings. The van der Waals surface area contributed by atoms with E-state index in [9.17, 15) is 5.11 Å². The number of aromatic nitrogens is 2. The van der Waals surface area contributed by atoms with Crippen molar-refractivity contribution >= 4 is 11.6 Å². The van der Waals surface area contributed by atoms with Crippen LogP contribution in [0.3, 0.4) is 0 Å². The second kappa shape index (κ2) is 12.0. The minimum atomic E-state index is -0.327. The molecule has 172 valence electrons. The molecular formula is C26H34ClN3O2. The van der Waals surface area contributed by atoms with E-state index in [0.717, 1.165) is 49.2 Å². The molecule has 0 aliphatic heterocycles. The lowest BCUT2D eigenvalue weighted by molar-refractivity contribution is 0.0991. The summed E-state index contributed by atoms with van der Waals surface area (Å²) in [6.07, 6.45) is 3.64. The summed E-state index contributed by atoms with van der Waals surface area (Å²) >= 11 is 6.06. The predicted octanol–water partition coefficient (Wildman–Crippen LogP) is 6.39. The van der Waals surface area contributed by atoms with Crippen LogP contribution in [0.4, 0.5) is 0 Å². The molecular weight excluding hydrogens is 422 g/mol. The van der Waals surface area contributed by atoms with Crippen molar-refractivity contribution in [1.29, 1.82) is 0 Å². The molecule has 0 amide bonds. The Kier molecular flexibility index (Phi) is 9.15. The maximum absolute atomic E-state index is 10.5. The Morgan fingerprint density at radius 1 is 1.06 bits per heavy atom. The molecule has 0 fully saturated rings. The van der Waals surface area contributed by atoms with Crippen molar-refractivity contribution in [3.8, 4) is 17.3 Å². The van der Waals surface area contributed by atoms with E-state index in [-0.39, 0.29) is 6.10 Å². The standard InChI is InChI=1S/C26H34ClN3O2/c1-4-6-12-23(31)18-29(17-5-2)19-25-20(3)28-30(22-10-8-7-9-11-22)26(25)32-24-15-13-21(27)14-16-24/h7-11,13-16,23,31H,4-6,12,17-19H2,1-3H3/t23-/m1/s1. The molecule has 0 unspecified atom stereocenters. The third-order valence-electron chi connectivity index (χ3n) is 5.45. The Bertz CT molecular complexity index is 957. The van der Waals surface area contributed by atoms with E-state index in [1.54, 1.807) is 0 Å². The van der Waals surface area contributed by atoms with Gasteiger partial charge < -0.3 is 9.84 Å². The summed E-state index contributed by atoms with van der Waals surface area (Å²) in [6.45, 7) is 8.54. The molecule has 0 radical (unpaired) electrons. The van der Waals surface area contributed by atoms with Gasteiger partial charge in [-0.2, -0.15) is 5.10 Å². The van der Waals surface area contributed by atoms with E-state index in [1.165, 1.54) is 0 Å². The highest BCUT2D eigenvalue weighted by atomic mass is 35.5. The Morgan fingerprint density at radius 2 is 1.78 bits per heavy atom. The number of para-hydroxylation sites is 1. The first-order valence-electron chi connectivity index (χ1n) is 11.5. The maximum Gasteiger partial charge on any atom is 0.227 e. The maximum atomic E-state index is 10.5. The minimum Gasteiger partial charge on any atom is -0.439 e. The SMILES string of the molecule is CCCC[C@@H](O)CN(CCC)Cc1c(C)nn(-c2ccccc2)c1Oc1ccc(Cl)cc1. The van der Waals surface area contributed by atoms with Crippen molar-refractivity contribution in [3.63, 3.8) is 0 Å². The van der Waals surface area contributed by atoms with E-state index >= 15 is 0 Å². The molecule has 1 atom stereocenters. The molecule has 0 saturated carbocycles. The molecule has 3 rings (SSSR count). The van der Waals surface area contributed by atoms with Gasteiger partial charge in [-0.1, -0.05) is 56.5 Å². The quantitative estimate of drug-likeness (QED) is 0.343. The zero-order valence-corrected chi connectivity index (χ0v) is 20.1. The summed E-state index contributed by atoms with van der Waals surface area (Å²) in [5, 5.41) is 16.0. The minimum absolute atomic E-state index is 0.327. The van der Waals surface area contributed by atoms with Crippen LogP contribution in [0.15, 0.2) is 54.6 Å². The molecule has 0 aliphatic carbocycles. The molecule has 6 heteroatoms. The Labute approximate surface area is 196 Å². The Balaban J connectivity index is 1.94. The lowest BCUT2D eigenvalue weighted by Crippen LogP contribution is -2.33. The zero-order valence-electron chi connectivity index (χ0n) is 19.3. The van der Waals surface area contributed by atoms with Crippen molar-refractivity contribution in [2.45, 2.75) is 59.1 Å². The summed E-state index contributed by atoms with van der Waals surface area (Å²) < 4.78 is 8.23. The Hall–Kier alpha value is -2.34. The van der Waals surface area contributed by atoms with Gasteiger partial charge in [-0.3, -0.25) is 4.90 Å². The molecule has 2 aromatic carbocycles.